The highest BCUT2D eigenvalue weighted by atomic mass is 16.3. The molecule has 108 valence electrons. The minimum Gasteiger partial charge on any atom is -0.449 e. The average Bonchev–Trinajstić information content (AvgIpc) is 2.93. The van der Waals surface area contributed by atoms with Crippen LogP contribution in [0.4, 0.5) is 5.69 Å². The van der Waals surface area contributed by atoms with Gasteiger partial charge in [0.2, 0.25) is 5.76 Å². The van der Waals surface area contributed by atoms with Crippen LogP contribution in [0, 0.1) is 18.3 Å². The molecule has 0 unspecified atom stereocenters. The summed E-state index contributed by atoms with van der Waals surface area (Å²) in [6.07, 6.45) is 0. The minimum atomic E-state index is -0.0391. The molecular weight excluding hydrogens is 266 g/mol. The van der Waals surface area contributed by atoms with E-state index >= 15 is 0 Å². The Kier molecular flexibility index (Phi) is 4.29. The number of nitrogens with zero attached hydrogens (tertiary/aromatic N) is 2. The first-order valence-electron chi connectivity index (χ1n) is 6.56. The van der Waals surface area contributed by atoms with Crippen LogP contribution in [0.5, 0.6) is 0 Å². The van der Waals surface area contributed by atoms with Gasteiger partial charge in [-0.1, -0.05) is 6.07 Å². The van der Waals surface area contributed by atoms with Crippen LogP contribution >= 0.6 is 0 Å². The SMILES string of the molecule is Cc1ccc(C(=O)N(C)C)cc1NCc1ccc(C#N)o1. The summed E-state index contributed by atoms with van der Waals surface area (Å²) < 4.78 is 5.31. The third kappa shape index (κ3) is 3.42. The lowest BCUT2D eigenvalue weighted by molar-refractivity contribution is 0.0827. The van der Waals surface area contributed by atoms with Gasteiger partial charge in [0, 0.05) is 25.3 Å². The van der Waals surface area contributed by atoms with Crippen molar-refractivity contribution in [2.24, 2.45) is 0 Å². The lowest BCUT2D eigenvalue weighted by atomic mass is 10.1. The van der Waals surface area contributed by atoms with E-state index < -0.39 is 0 Å². The molecule has 1 heterocycles. The number of hydrogen-bond acceptors (Lipinski definition) is 4. The lowest BCUT2D eigenvalue weighted by Crippen LogP contribution is -2.21. The Balaban J connectivity index is 2.14. The molecule has 0 bridgehead atoms. The van der Waals surface area contributed by atoms with Crippen molar-refractivity contribution in [1.82, 2.24) is 4.90 Å². The van der Waals surface area contributed by atoms with E-state index in [1.807, 2.05) is 31.2 Å². The zero-order chi connectivity index (χ0) is 15.4. The number of rotatable bonds is 4. The number of hydrogen-bond donors (Lipinski definition) is 1. The summed E-state index contributed by atoms with van der Waals surface area (Å²) in [5.41, 5.74) is 2.54. The van der Waals surface area contributed by atoms with E-state index in [2.05, 4.69) is 5.32 Å². The van der Waals surface area contributed by atoms with E-state index in [4.69, 9.17) is 9.68 Å². The van der Waals surface area contributed by atoms with Gasteiger partial charge >= 0.3 is 0 Å². The molecule has 1 aromatic carbocycles. The van der Waals surface area contributed by atoms with Gasteiger partial charge in [-0.25, -0.2) is 0 Å². The zero-order valence-electron chi connectivity index (χ0n) is 12.3. The third-order valence-electron chi connectivity index (χ3n) is 3.12. The Morgan fingerprint density at radius 1 is 1.33 bits per heavy atom. The Morgan fingerprint density at radius 3 is 2.71 bits per heavy atom. The topological polar surface area (TPSA) is 69.3 Å². The normalized spacial score (nSPS) is 10.0. The molecule has 0 fully saturated rings. The predicted octanol–water partition coefficient (Wildman–Crippen LogP) is 2.77. The molecule has 2 rings (SSSR count). The van der Waals surface area contributed by atoms with Crippen molar-refractivity contribution in [3.8, 4) is 6.07 Å². The number of carbonyl (C=O) groups excluding carboxylic acids is 1. The van der Waals surface area contributed by atoms with Gasteiger partial charge in [0.15, 0.2) is 0 Å². The smallest absolute Gasteiger partial charge is 0.253 e. The summed E-state index contributed by atoms with van der Waals surface area (Å²) in [5.74, 6) is 0.929. The van der Waals surface area contributed by atoms with Crippen molar-refractivity contribution in [3.05, 3.63) is 53.0 Å². The van der Waals surface area contributed by atoms with Crippen LogP contribution in [0.25, 0.3) is 0 Å². The summed E-state index contributed by atoms with van der Waals surface area (Å²) in [6.45, 7) is 2.43. The maximum atomic E-state index is 12.0. The van der Waals surface area contributed by atoms with Crippen molar-refractivity contribution in [3.63, 3.8) is 0 Å². The first-order valence-corrected chi connectivity index (χ1v) is 6.56. The largest absolute Gasteiger partial charge is 0.449 e. The highest BCUT2D eigenvalue weighted by molar-refractivity contribution is 5.95. The Morgan fingerprint density at radius 2 is 2.10 bits per heavy atom. The van der Waals surface area contributed by atoms with Gasteiger partial charge in [0.25, 0.3) is 5.91 Å². The molecule has 0 aliphatic rings. The molecule has 0 saturated heterocycles. The molecule has 1 aromatic heterocycles. The Labute approximate surface area is 123 Å². The summed E-state index contributed by atoms with van der Waals surface area (Å²) in [4.78, 5) is 13.5. The lowest BCUT2D eigenvalue weighted by Gasteiger charge is -2.13. The maximum absolute atomic E-state index is 12.0. The number of nitrogens with one attached hydrogen (secondary N) is 1. The van der Waals surface area contributed by atoms with Crippen molar-refractivity contribution < 1.29 is 9.21 Å². The molecule has 0 saturated carbocycles. The van der Waals surface area contributed by atoms with Gasteiger partial charge in [-0.3, -0.25) is 4.79 Å². The highest BCUT2D eigenvalue weighted by Gasteiger charge is 2.10. The van der Waals surface area contributed by atoms with Crippen LogP contribution in [0.3, 0.4) is 0 Å². The van der Waals surface area contributed by atoms with Gasteiger partial charge < -0.3 is 14.6 Å². The molecule has 0 radical (unpaired) electrons. The molecule has 2 aromatic rings. The first kappa shape index (κ1) is 14.7. The molecule has 1 amide bonds. The molecule has 1 N–H and O–H groups in total. The second kappa shape index (κ2) is 6.14. The summed E-state index contributed by atoms with van der Waals surface area (Å²) >= 11 is 0. The van der Waals surface area contributed by atoms with Crippen molar-refractivity contribution in [1.29, 1.82) is 5.26 Å². The summed E-state index contributed by atoms with van der Waals surface area (Å²) in [6, 6.07) is 10.9. The molecule has 5 heteroatoms. The van der Waals surface area contributed by atoms with Crippen molar-refractivity contribution in [2.75, 3.05) is 19.4 Å². The average molecular weight is 283 g/mol. The third-order valence-corrected chi connectivity index (χ3v) is 3.12. The van der Waals surface area contributed by atoms with Gasteiger partial charge in [0.05, 0.1) is 6.54 Å². The number of amides is 1. The van der Waals surface area contributed by atoms with E-state index in [9.17, 15) is 4.79 Å². The first-order chi connectivity index (χ1) is 10.0. The maximum Gasteiger partial charge on any atom is 0.253 e. The van der Waals surface area contributed by atoms with Crippen molar-refractivity contribution >= 4 is 11.6 Å². The molecule has 0 spiro atoms. The van der Waals surface area contributed by atoms with Crippen LogP contribution < -0.4 is 5.32 Å². The van der Waals surface area contributed by atoms with E-state index in [0.717, 1.165) is 11.3 Å². The minimum absolute atomic E-state index is 0.0391. The fourth-order valence-electron chi connectivity index (χ4n) is 1.92. The number of furan rings is 1. The monoisotopic (exact) mass is 283 g/mol. The van der Waals surface area contributed by atoms with Crippen LogP contribution in [0.15, 0.2) is 34.7 Å². The molecule has 5 nitrogen and oxygen atoms in total. The fraction of sp³-hybridized carbons (Fsp3) is 0.250. The number of nitriles is 1. The highest BCUT2D eigenvalue weighted by Crippen LogP contribution is 2.19. The van der Waals surface area contributed by atoms with Crippen LogP contribution in [0.1, 0.15) is 27.4 Å². The van der Waals surface area contributed by atoms with E-state index in [0.29, 0.717) is 23.6 Å². The van der Waals surface area contributed by atoms with E-state index in [1.165, 1.54) is 0 Å². The molecule has 21 heavy (non-hydrogen) atoms. The second-order valence-corrected chi connectivity index (χ2v) is 4.96. The summed E-state index contributed by atoms with van der Waals surface area (Å²) in [7, 11) is 3.45. The predicted molar refractivity (Wildman–Crippen MR) is 79.9 cm³/mol. The van der Waals surface area contributed by atoms with Crippen LogP contribution in [0.2, 0.25) is 0 Å². The van der Waals surface area contributed by atoms with E-state index in [1.54, 1.807) is 31.1 Å². The number of carbonyl (C=O) groups is 1. The van der Waals surface area contributed by atoms with Gasteiger partial charge in [-0.15, -0.1) is 0 Å². The Bertz CT molecular complexity index is 696. The molecular formula is C16H17N3O2. The van der Waals surface area contributed by atoms with Crippen LogP contribution in [-0.4, -0.2) is 24.9 Å². The zero-order valence-corrected chi connectivity index (χ0v) is 12.3. The van der Waals surface area contributed by atoms with Gasteiger partial charge in [-0.2, -0.15) is 5.26 Å². The molecule has 0 aliphatic carbocycles. The van der Waals surface area contributed by atoms with Crippen molar-refractivity contribution in [2.45, 2.75) is 13.5 Å². The number of benzene rings is 1. The second-order valence-electron chi connectivity index (χ2n) is 4.96. The summed E-state index contributed by atoms with van der Waals surface area (Å²) in [5, 5.41) is 12.0. The fourth-order valence-corrected chi connectivity index (χ4v) is 1.92. The molecule has 0 aliphatic heterocycles. The number of aryl methyl sites for hydroxylation is 1. The van der Waals surface area contributed by atoms with E-state index in [-0.39, 0.29) is 5.91 Å². The number of anilines is 1. The molecule has 0 atom stereocenters. The van der Waals surface area contributed by atoms with Crippen LogP contribution in [-0.2, 0) is 6.54 Å². The van der Waals surface area contributed by atoms with Gasteiger partial charge in [-0.05, 0) is 36.8 Å². The quantitative estimate of drug-likeness (QED) is 0.936. The standard InChI is InChI=1S/C16H17N3O2/c1-11-4-5-12(16(20)19(2)3)8-15(11)18-10-14-7-6-13(9-17)21-14/h4-8,18H,10H2,1-3H3. The Hall–Kier alpha value is -2.74. The van der Waals surface area contributed by atoms with Gasteiger partial charge in [0.1, 0.15) is 11.8 Å².